The predicted octanol–water partition coefficient (Wildman–Crippen LogP) is 3.20. The summed E-state index contributed by atoms with van der Waals surface area (Å²) in [6.45, 7) is 6.38. The Labute approximate surface area is 158 Å². The second-order valence-corrected chi connectivity index (χ2v) is 5.80. The molecule has 1 aromatic heterocycles. The molecule has 23 heavy (non-hydrogen) atoms. The summed E-state index contributed by atoms with van der Waals surface area (Å²) in [6, 6.07) is 0.472. The van der Waals surface area contributed by atoms with E-state index in [1.807, 2.05) is 11.6 Å². The molecule has 0 aliphatic heterocycles. The number of aryl methyl sites for hydroxylation is 1. The lowest BCUT2D eigenvalue weighted by Gasteiger charge is -2.18. The van der Waals surface area contributed by atoms with Crippen molar-refractivity contribution in [2.75, 3.05) is 13.6 Å². The molecule has 0 saturated heterocycles. The first-order valence-electron chi connectivity index (χ1n) is 8.55. The zero-order chi connectivity index (χ0) is 16.0. The molecule has 1 unspecified atom stereocenters. The van der Waals surface area contributed by atoms with Crippen LogP contribution < -0.4 is 10.6 Å². The summed E-state index contributed by atoms with van der Waals surface area (Å²) >= 11 is 0. The second-order valence-electron chi connectivity index (χ2n) is 5.80. The average molecular weight is 436 g/mol. The first-order valence-corrected chi connectivity index (χ1v) is 8.55. The number of aromatic nitrogens is 3. The van der Waals surface area contributed by atoms with Crippen LogP contribution in [-0.4, -0.2) is 40.4 Å². The summed E-state index contributed by atoms with van der Waals surface area (Å²) in [5.74, 6) is 0.910. The predicted molar refractivity (Wildman–Crippen MR) is 107 cm³/mol. The molecule has 0 bridgehead atoms. The maximum atomic E-state index is 4.29. The van der Waals surface area contributed by atoms with Crippen LogP contribution in [0.5, 0.6) is 0 Å². The van der Waals surface area contributed by atoms with E-state index in [1.54, 1.807) is 12.7 Å². The Kier molecular flexibility index (Phi) is 14.2. The van der Waals surface area contributed by atoms with Crippen molar-refractivity contribution in [3.05, 3.63) is 12.7 Å². The van der Waals surface area contributed by atoms with Crippen molar-refractivity contribution in [2.45, 2.75) is 71.4 Å². The SMILES string of the molecule is CCCCCCC(C)NC(=NC)NCCCCn1cnnc1.I. The normalized spacial score (nSPS) is 12.6. The second kappa shape index (κ2) is 14.7. The Balaban J connectivity index is 0.00000484. The number of aliphatic imine (C=N–C) groups is 1. The van der Waals surface area contributed by atoms with E-state index in [4.69, 9.17) is 0 Å². The molecule has 0 radical (unpaired) electrons. The average Bonchev–Trinajstić information content (AvgIpc) is 3.03. The Hall–Kier alpha value is -0.860. The van der Waals surface area contributed by atoms with Gasteiger partial charge in [0, 0.05) is 26.2 Å². The quantitative estimate of drug-likeness (QED) is 0.242. The molecule has 7 heteroatoms. The third-order valence-electron chi connectivity index (χ3n) is 3.70. The van der Waals surface area contributed by atoms with E-state index in [-0.39, 0.29) is 24.0 Å². The summed E-state index contributed by atoms with van der Waals surface area (Å²) in [4.78, 5) is 4.29. The van der Waals surface area contributed by atoms with Gasteiger partial charge in [0.25, 0.3) is 0 Å². The molecule has 2 N–H and O–H groups in total. The van der Waals surface area contributed by atoms with Crippen molar-refractivity contribution in [1.82, 2.24) is 25.4 Å². The van der Waals surface area contributed by atoms with Gasteiger partial charge < -0.3 is 15.2 Å². The molecule has 1 heterocycles. The lowest BCUT2D eigenvalue weighted by molar-refractivity contribution is 0.534. The molecular formula is C16H33IN6. The monoisotopic (exact) mass is 436 g/mol. The molecule has 0 spiro atoms. The largest absolute Gasteiger partial charge is 0.356 e. The molecule has 0 aromatic carbocycles. The van der Waals surface area contributed by atoms with Crippen molar-refractivity contribution in [3.8, 4) is 0 Å². The number of hydrogen-bond acceptors (Lipinski definition) is 3. The molecule has 134 valence electrons. The van der Waals surface area contributed by atoms with E-state index < -0.39 is 0 Å². The lowest BCUT2D eigenvalue weighted by Crippen LogP contribution is -2.42. The third kappa shape index (κ3) is 11.3. The number of rotatable bonds is 11. The van der Waals surface area contributed by atoms with Gasteiger partial charge in [0.1, 0.15) is 12.7 Å². The van der Waals surface area contributed by atoms with Crippen LogP contribution >= 0.6 is 24.0 Å². The van der Waals surface area contributed by atoms with Gasteiger partial charge in [0.05, 0.1) is 0 Å². The number of unbranched alkanes of at least 4 members (excludes halogenated alkanes) is 4. The smallest absolute Gasteiger partial charge is 0.191 e. The summed E-state index contributed by atoms with van der Waals surface area (Å²) in [5, 5.41) is 14.4. The van der Waals surface area contributed by atoms with E-state index in [1.165, 1.54) is 32.1 Å². The summed E-state index contributed by atoms with van der Waals surface area (Å²) < 4.78 is 2.01. The summed E-state index contributed by atoms with van der Waals surface area (Å²) in [5.41, 5.74) is 0. The highest BCUT2D eigenvalue weighted by Crippen LogP contribution is 2.05. The van der Waals surface area contributed by atoms with Crippen molar-refractivity contribution in [2.24, 2.45) is 4.99 Å². The molecule has 1 rings (SSSR count). The molecule has 0 aliphatic carbocycles. The van der Waals surface area contributed by atoms with E-state index in [0.717, 1.165) is 31.9 Å². The maximum Gasteiger partial charge on any atom is 0.191 e. The fraction of sp³-hybridized carbons (Fsp3) is 0.812. The fourth-order valence-electron chi connectivity index (χ4n) is 2.34. The maximum absolute atomic E-state index is 4.29. The zero-order valence-electron chi connectivity index (χ0n) is 14.8. The van der Waals surface area contributed by atoms with Crippen molar-refractivity contribution >= 4 is 29.9 Å². The van der Waals surface area contributed by atoms with E-state index in [9.17, 15) is 0 Å². The number of nitrogens with one attached hydrogen (secondary N) is 2. The molecule has 0 fully saturated rings. The molecular weight excluding hydrogens is 403 g/mol. The van der Waals surface area contributed by atoms with Crippen molar-refractivity contribution < 1.29 is 0 Å². The van der Waals surface area contributed by atoms with Crippen LogP contribution in [0.3, 0.4) is 0 Å². The molecule has 0 saturated carbocycles. The van der Waals surface area contributed by atoms with Crippen molar-refractivity contribution in [1.29, 1.82) is 0 Å². The first-order chi connectivity index (χ1) is 10.8. The van der Waals surface area contributed by atoms with Gasteiger partial charge in [-0.3, -0.25) is 4.99 Å². The number of halogens is 1. The number of guanidine groups is 1. The van der Waals surface area contributed by atoms with Gasteiger partial charge >= 0.3 is 0 Å². The van der Waals surface area contributed by atoms with Crippen LogP contribution in [-0.2, 0) is 6.54 Å². The van der Waals surface area contributed by atoms with Crippen LogP contribution in [0.1, 0.15) is 58.8 Å². The van der Waals surface area contributed by atoms with Crippen molar-refractivity contribution in [3.63, 3.8) is 0 Å². The van der Waals surface area contributed by atoms with Gasteiger partial charge in [0.2, 0.25) is 0 Å². The highest BCUT2D eigenvalue weighted by atomic mass is 127. The van der Waals surface area contributed by atoms with E-state index >= 15 is 0 Å². The van der Waals surface area contributed by atoms with Crippen LogP contribution in [0.15, 0.2) is 17.6 Å². The summed E-state index contributed by atoms with van der Waals surface area (Å²) in [6.07, 6.45) is 12.2. The molecule has 6 nitrogen and oxygen atoms in total. The first kappa shape index (κ1) is 22.1. The topological polar surface area (TPSA) is 67.1 Å². The van der Waals surface area contributed by atoms with Gasteiger partial charge in [-0.05, 0) is 26.2 Å². The molecule has 1 aromatic rings. The van der Waals surface area contributed by atoms with Gasteiger partial charge in [-0.25, -0.2) is 0 Å². The van der Waals surface area contributed by atoms with Crippen LogP contribution in [0, 0.1) is 0 Å². The number of hydrogen-bond donors (Lipinski definition) is 2. The number of nitrogens with zero attached hydrogens (tertiary/aromatic N) is 4. The van der Waals surface area contributed by atoms with E-state index in [0.29, 0.717) is 6.04 Å². The highest BCUT2D eigenvalue weighted by molar-refractivity contribution is 14.0. The Bertz CT molecular complexity index is 393. The minimum Gasteiger partial charge on any atom is -0.356 e. The minimum absolute atomic E-state index is 0. The van der Waals surface area contributed by atoms with E-state index in [2.05, 4.69) is 39.7 Å². The van der Waals surface area contributed by atoms with Crippen LogP contribution in [0.4, 0.5) is 0 Å². The molecule has 1 atom stereocenters. The van der Waals surface area contributed by atoms with Gasteiger partial charge in [-0.15, -0.1) is 34.2 Å². The third-order valence-corrected chi connectivity index (χ3v) is 3.70. The fourth-order valence-corrected chi connectivity index (χ4v) is 2.34. The van der Waals surface area contributed by atoms with Gasteiger partial charge in [-0.2, -0.15) is 0 Å². The Morgan fingerprint density at radius 3 is 2.52 bits per heavy atom. The van der Waals surface area contributed by atoms with Gasteiger partial charge in [-0.1, -0.05) is 32.6 Å². The standard InChI is InChI=1S/C16H32N6.HI/c1-4-5-6-7-10-15(2)21-16(17-3)18-11-8-9-12-22-13-19-20-14-22;/h13-15H,4-12H2,1-3H3,(H2,17,18,21);1H. The van der Waals surface area contributed by atoms with Crippen LogP contribution in [0.25, 0.3) is 0 Å². The zero-order valence-corrected chi connectivity index (χ0v) is 17.1. The summed E-state index contributed by atoms with van der Waals surface area (Å²) in [7, 11) is 1.83. The lowest BCUT2D eigenvalue weighted by atomic mass is 10.1. The Morgan fingerprint density at radius 2 is 1.87 bits per heavy atom. The van der Waals surface area contributed by atoms with Gasteiger partial charge in [0.15, 0.2) is 5.96 Å². The Morgan fingerprint density at radius 1 is 1.13 bits per heavy atom. The molecule has 0 amide bonds. The van der Waals surface area contributed by atoms with Crippen LogP contribution in [0.2, 0.25) is 0 Å². The highest BCUT2D eigenvalue weighted by Gasteiger charge is 2.04. The minimum atomic E-state index is 0. The molecule has 0 aliphatic rings.